The second-order valence-corrected chi connectivity index (χ2v) is 7.55. The van der Waals surface area contributed by atoms with Crippen molar-refractivity contribution in [2.45, 2.75) is 69.9 Å². The molecule has 21 heavy (non-hydrogen) atoms. The zero-order valence-corrected chi connectivity index (χ0v) is 12.6. The maximum absolute atomic E-state index is 12.8. The predicted molar refractivity (Wildman–Crippen MR) is 77.2 cm³/mol. The summed E-state index contributed by atoms with van der Waals surface area (Å²) in [5.41, 5.74) is -0.692. The number of ether oxygens (including phenoxy) is 1. The van der Waals surface area contributed by atoms with Crippen molar-refractivity contribution in [2.75, 3.05) is 6.61 Å². The van der Waals surface area contributed by atoms with Crippen LogP contribution in [0.3, 0.4) is 0 Å². The van der Waals surface area contributed by atoms with Crippen molar-refractivity contribution in [2.24, 2.45) is 16.7 Å². The van der Waals surface area contributed by atoms with Gasteiger partial charge in [0.1, 0.15) is 5.41 Å². The Bertz CT molecular complexity index is 492. The summed E-state index contributed by atoms with van der Waals surface area (Å²) in [5, 5.41) is 12.9. The minimum absolute atomic E-state index is 0.0180. The Morgan fingerprint density at radius 1 is 1.19 bits per heavy atom. The summed E-state index contributed by atoms with van der Waals surface area (Å²) in [4.78, 5) is 12.8. The molecule has 0 aromatic carbocycles. The lowest BCUT2D eigenvalue weighted by Gasteiger charge is -2.34. The summed E-state index contributed by atoms with van der Waals surface area (Å²) in [6, 6.07) is 2.62. The molecule has 4 unspecified atom stereocenters. The molecule has 1 heterocycles. The fourth-order valence-electron chi connectivity index (χ4n) is 5.30. The first kappa shape index (κ1) is 13.6. The van der Waals surface area contributed by atoms with Gasteiger partial charge in [0, 0.05) is 24.0 Å². The molecule has 0 radical (unpaired) electrons. The molecule has 4 heteroatoms. The lowest BCUT2D eigenvalue weighted by molar-refractivity contribution is -0.127. The molecular weight excluding hydrogens is 264 g/mol. The number of fused-ring (bicyclic) bond motifs is 1. The Labute approximate surface area is 126 Å². The molecule has 3 saturated carbocycles. The summed E-state index contributed by atoms with van der Waals surface area (Å²) in [7, 11) is 0. The van der Waals surface area contributed by atoms with Gasteiger partial charge in [-0.25, -0.2) is 0 Å². The van der Waals surface area contributed by atoms with Crippen LogP contribution in [-0.4, -0.2) is 24.7 Å². The SMILES string of the molecule is N#CC1(C(=O)NC2CCCC3OCCC23)CC12CCCC2. The van der Waals surface area contributed by atoms with Crippen LogP contribution in [0.4, 0.5) is 0 Å². The highest BCUT2D eigenvalue weighted by Gasteiger charge is 2.73. The molecule has 4 atom stereocenters. The molecule has 4 fully saturated rings. The topological polar surface area (TPSA) is 62.1 Å². The van der Waals surface area contributed by atoms with Gasteiger partial charge in [-0.15, -0.1) is 0 Å². The van der Waals surface area contributed by atoms with Crippen LogP contribution in [0.5, 0.6) is 0 Å². The van der Waals surface area contributed by atoms with Crippen LogP contribution in [-0.2, 0) is 9.53 Å². The van der Waals surface area contributed by atoms with Gasteiger partial charge in [-0.2, -0.15) is 5.26 Å². The van der Waals surface area contributed by atoms with Gasteiger partial charge in [-0.1, -0.05) is 12.8 Å². The van der Waals surface area contributed by atoms with E-state index in [0.29, 0.717) is 12.0 Å². The van der Waals surface area contributed by atoms with Crippen LogP contribution in [0.1, 0.15) is 57.8 Å². The van der Waals surface area contributed by atoms with Gasteiger partial charge in [0.15, 0.2) is 0 Å². The van der Waals surface area contributed by atoms with Gasteiger partial charge in [-0.05, 0) is 44.9 Å². The maximum Gasteiger partial charge on any atom is 0.241 e. The van der Waals surface area contributed by atoms with E-state index < -0.39 is 5.41 Å². The number of nitriles is 1. The zero-order chi connectivity index (χ0) is 14.5. The molecule has 4 nitrogen and oxygen atoms in total. The molecule has 1 spiro atoms. The molecule has 114 valence electrons. The number of carbonyl (C=O) groups excluding carboxylic acids is 1. The fourth-order valence-corrected chi connectivity index (χ4v) is 5.30. The van der Waals surface area contributed by atoms with Gasteiger partial charge in [-0.3, -0.25) is 4.79 Å². The minimum Gasteiger partial charge on any atom is -0.378 e. The zero-order valence-electron chi connectivity index (χ0n) is 12.6. The van der Waals surface area contributed by atoms with E-state index in [4.69, 9.17) is 4.74 Å². The number of hydrogen-bond acceptors (Lipinski definition) is 3. The van der Waals surface area contributed by atoms with Gasteiger partial charge in [0.2, 0.25) is 5.91 Å². The van der Waals surface area contributed by atoms with E-state index >= 15 is 0 Å². The Hall–Kier alpha value is -1.08. The van der Waals surface area contributed by atoms with Crippen molar-refractivity contribution in [1.82, 2.24) is 5.32 Å². The summed E-state index contributed by atoms with van der Waals surface area (Å²) in [5.74, 6) is 0.487. The first-order valence-electron chi connectivity index (χ1n) is 8.55. The van der Waals surface area contributed by atoms with Crippen LogP contribution in [0, 0.1) is 28.1 Å². The number of nitrogens with zero attached hydrogens (tertiary/aromatic N) is 1. The molecule has 1 N–H and O–H groups in total. The van der Waals surface area contributed by atoms with Crippen molar-refractivity contribution in [3.8, 4) is 6.07 Å². The lowest BCUT2D eigenvalue weighted by atomic mass is 9.81. The average Bonchev–Trinajstić information content (AvgIpc) is 2.87. The Kier molecular flexibility index (Phi) is 3.04. The molecule has 3 aliphatic carbocycles. The summed E-state index contributed by atoms with van der Waals surface area (Å²) >= 11 is 0. The van der Waals surface area contributed by atoms with Gasteiger partial charge < -0.3 is 10.1 Å². The van der Waals surface area contributed by atoms with E-state index in [1.54, 1.807) is 0 Å². The molecule has 0 aromatic heterocycles. The highest BCUT2D eigenvalue weighted by molar-refractivity contribution is 5.90. The van der Waals surface area contributed by atoms with Crippen LogP contribution in [0.2, 0.25) is 0 Å². The highest BCUT2D eigenvalue weighted by atomic mass is 16.5. The number of carbonyl (C=O) groups is 1. The number of rotatable bonds is 2. The van der Waals surface area contributed by atoms with Crippen LogP contribution < -0.4 is 5.32 Å². The third-order valence-electron chi connectivity index (χ3n) is 6.62. The normalized spacial score (nSPS) is 43.3. The quantitative estimate of drug-likeness (QED) is 0.849. The predicted octanol–water partition coefficient (Wildman–Crippen LogP) is 2.53. The molecule has 1 aliphatic heterocycles. The van der Waals surface area contributed by atoms with Gasteiger partial charge in [0.25, 0.3) is 0 Å². The smallest absolute Gasteiger partial charge is 0.241 e. The first-order chi connectivity index (χ1) is 10.2. The van der Waals surface area contributed by atoms with Crippen molar-refractivity contribution in [3.05, 3.63) is 0 Å². The van der Waals surface area contributed by atoms with Crippen LogP contribution >= 0.6 is 0 Å². The van der Waals surface area contributed by atoms with E-state index in [2.05, 4.69) is 11.4 Å². The Morgan fingerprint density at radius 2 is 2.00 bits per heavy atom. The van der Waals surface area contributed by atoms with E-state index in [-0.39, 0.29) is 17.4 Å². The van der Waals surface area contributed by atoms with E-state index in [9.17, 15) is 10.1 Å². The third kappa shape index (κ3) is 1.86. The Morgan fingerprint density at radius 3 is 2.76 bits per heavy atom. The monoisotopic (exact) mass is 288 g/mol. The molecule has 0 aromatic rings. The van der Waals surface area contributed by atoms with Crippen LogP contribution in [0.15, 0.2) is 0 Å². The number of hydrogen-bond donors (Lipinski definition) is 1. The standard InChI is InChI=1S/C17H24N2O2/c18-11-17(10-16(17)7-1-2-8-16)15(20)19-13-4-3-5-14-12(13)6-9-21-14/h12-14H,1-10H2,(H,19,20). The van der Waals surface area contributed by atoms with E-state index in [1.165, 1.54) is 12.8 Å². The van der Waals surface area contributed by atoms with E-state index in [0.717, 1.165) is 51.6 Å². The maximum atomic E-state index is 12.8. The molecule has 4 rings (SSSR count). The fraction of sp³-hybridized carbons (Fsp3) is 0.882. The molecule has 0 bridgehead atoms. The third-order valence-corrected chi connectivity index (χ3v) is 6.62. The van der Waals surface area contributed by atoms with Crippen LogP contribution in [0.25, 0.3) is 0 Å². The Balaban J connectivity index is 1.47. The molecule has 4 aliphatic rings. The lowest BCUT2D eigenvalue weighted by Crippen LogP contribution is -2.48. The number of amides is 1. The van der Waals surface area contributed by atoms with Gasteiger partial charge >= 0.3 is 0 Å². The molecular formula is C17H24N2O2. The minimum atomic E-state index is -0.712. The van der Waals surface area contributed by atoms with Crippen molar-refractivity contribution in [1.29, 1.82) is 5.26 Å². The largest absolute Gasteiger partial charge is 0.378 e. The summed E-state index contributed by atoms with van der Waals surface area (Å²) in [6.07, 6.45) is 9.96. The van der Waals surface area contributed by atoms with Crippen molar-refractivity contribution >= 4 is 5.91 Å². The number of nitrogens with one attached hydrogen (secondary N) is 1. The second kappa shape index (κ2) is 4.71. The summed E-state index contributed by atoms with van der Waals surface area (Å²) in [6.45, 7) is 0.828. The van der Waals surface area contributed by atoms with Crippen molar-refractivity contribution < 1.29 is 9.53 Å². The highest BCUT2D eigenvalue weighted by Crippen LogP contribution is 2.71. The summed E-state index contributed by atoms with van der Waals surface area (Å²) < 4.78 is 5.77. The second-order valence-electron chi connectivity index (χ2n) is 7.55. The van der Waals surface area contributed by atoms with Gasteiger partial charge in [0.05, 0.1) is 12.2 Å². The average molecular weight is 288 g/mol. The van der Waals surface area contributed by atoms with E-state index in [1.807, 2.05) is 0 Å². The molecule has 1 amide bonds. The van der Waals surface area contributed by atoms with Crippen molar-refractivity contribution in [3.63, 3.8) is 0 Å². The first-order valence-corrected chi connectivity index (χ1v) is 8.55. The molecule has 1 saturated heterocycles.